The Hall–Kier alpha value is -1.39. The molecule has 1 N–H and O–H groups in total. The highest BCUT2D eigenvalue weighted by molar-refractivity contribution is 6.43. The predicted molar refractivity (Wildman–Crippen MR) is 101 cm³/mol. The molecule has 24 heavy (non-hydrogen) atoms. The summed E-state index contributed by atoms with van der Waals surface area (Å²) in [6, 6.07) is 11.0. The zero-order valence-electron chi connectivity index (χ0n) is 12.3. The van der Waals surface area contributed by atoms with Crippen LogP contribution in [-0.4, -0.2) is 16.3 Å². The Morgan fingerprint density at radius 1 is 0.958 bits per heavy atom. The van der Waals surface area contributed by atoms with Crippen LogP contribution in [0.1, 0.15) is 5.56 Å². The van der Waals surface area contributed by atoms with Crippen LogP contribution < -0.4 is 5.32 Å². The van der Waals surface area contributed by atoms with E-state index in [1.54, 1.807) is 18.2 Å². The quantitative estimate of drug-likeness (QED) is 0.563. The van der Waals surface area contributed by atoms with Gasteiger partial charge >= 0.3 is 0 Å². The first-order chi connectivity index (χ1) is 11.6. The number of benzene rings is 2. The average Bonchev–Trinajstić information content (AvgIpc) is 3.15. The number of anilines is 1. The highest BCUT2D eigenvalue weighted by Gasteiger charge is 2.25. The van der Waals surface area contributed by atoms with Crippen molar-refractivity contribution in [3.63, 3.8) is 0 Å². The minimum absolute atomic E-state index is 0.485. The summed E-state index contributed by atoms with van der Waals surface area (Å²) < 4.78 is 1.83. The predicted octanol–water partition coefficient (Wildman–Crippen LogP) is 6.12. The summed E-state index contributed by atoms with van der Waals surface area (Å²) in [5.41, 5.74) is 3.60. The molecular weight excluding hydrogens is 388 g/mol. The van der Waals surface area contributed by atoms with Crippen molar-refractivity contribution in [2.75, 3.05) is 11.9 Å². The second-order valence-electron chi connectivity index (χ2n) is 5.46. The van der Waals surface area contributed by atoms with Gasteiger partial charge in [-0.25, -0.2) is 4.68 Å². The third kappa shape index (κ3) is 2.56. The highest BCUT2D eigenvalue weighted by Crippen LogP contribution is 2.40. The molecule has 0 saturated carbocycles. The van der Waals surface area contributed by atoms with Crippen molar-refractivity contribution in [3.05, 3.63) is 62.1 Å². The second kappa shape index (κ2) is 6.16. The number of rotatable bonds is 2. The van der Waals surface area contributed by atoms with Crippen LogP contribution >= 0.6 is 46.4 Å². The molecule has 122 valence electrons. The van der Waals surface area contributed by atoms with Gasteiger partial charge in [0, 0.05) is 17.7 Å². The van der Waals surface area contributed by atoms with Crippen LogP contribution in [0.2, 0.25) is 20.1 Å². The maximum atomic E-state index is 6.39. The van der Waals surface area contributed by atoms with Gasteiger partial charge in [-0.15, -0.1) is 0 Å². The normalized spacial score (nSPS) is 13.0. The van der Waals surface area contributed by atoms with Gasteiger partial charge in [0.25, 0.3) is 0 Å². The van der Waals surface area contributed by atoms with Crippen molar-refractivity contribution in [2.45, 2.75) is 6.42 Å². The number of nitrogens with zero attached hydrogens (tertiary/aromatic N) is 2. The lowest BCUT2D eigenvalue weighted by Crippen LogP contribution is -2.04. The van der Waals surface area contributed by atoms with E-state index in [9.17, 15) is 0 Å². The summed E-state index contributed by atoms with van der Waals surface area (Å²) in [6.07, 6.45) is 0.870. The summed E-state index contributed by atoms with van der Waals surface area (Å²) >= 11 is 24.7. The molecule has 0 fully saturated rings. The van der Waals surface area contributed by atoms with E-state index in [-0.39, 0.29) is 0 Å². The summed E-state index contributed by atoms with van der Waals surface area (Å²) in [5.74, 6) is 0.944. The maximum absolute atomic E-state index is 6.39. The van der Waals surface area contributed by atoms with Gasteiger partial charge in [-0.05, 0) is 30.7 Å². The van der Waals surface area contributed by atoms with Gasteiger partial charge in [-0.2, -0.15) is 5.10 Å². The number of nitrogens with one attached hydrogen (secondary N) is 1. The van der Waals surface area contributed by atoms with E-state index in [0.717, 1.165) is 41.3 Å². The number of hydrogen-bond donors (Lipinski definition) is 1. The minimum atomic E-state index is 0.485. The number of fused-ring (bicyclic) bond motifs is 1. The molecule has 4 rings (SSSR count). The van der Waals surface area contributed by atoms with E-state index in [1.165, 1.54) is 0 Å². The third-order valence-corrected chi connectivity index (χ3v) is 5.56. The van der Waals surface area contributed by atoms with E-state index < -0.39 is 0 Å². The second-order valence-corrected chi connectivity index (χ2v) is 7.06. The molecule has 0 aliphatic carbocycles. The molecule has 0 amide bonds. The zero-order valence-corrected chi connectivity index (χ0v) is 15.3. The van der Waals surface area contributed by atoms with Crippen molar-refractivity contribution < 1.29 is 0 Å². The van der Waals surface area contributed by atoms with E-state index in [1.807, 2.05) is 22.9 Å². The minimum Gasteiger partial charge on any atom is -0.369 e. The molecule has 7 heteroatoms. The van der Waals surface area contributed by atoms with Crippen molar-refractivity contribution in [3.8, 4) is 16.9 Å². The molecule has 0 saturated heterocycles. The van der Waals surface area contributed by atoms with Crippen molar-refractivity contribution in [1.82, 2.24) is 9.78 Å². The molecule has 2 heterocycles. The summed E-state index contributed by atoms with van der Waals surface area (Å²) in [5, 5.41) is 10.1. The van der Waals surface area contributed by atoms with Crippen LogP contribution in [0.3, 0.4) is 0 Å². The molecular formula is C17H11Cl4N3. The molecule has 0 unspecified atom stereocenters. The molecule has 0 radical (unpaired) electrons. The number of halogens is 4. The van der Waals surface area contributed by atoms with Crippen LogP contribution in [0.25, 0.3) is 16.9 Å². The van der Waals surface area contributed by atoms with Crippen LogP contribution in [0.15, 0.2) is 36.4 Å². The van der Waals surface area contributed by atoms with Gasteiger partial charge in [-0.1, -0.05) is 58.5 Å². The maximum Gasteiger partial charge on any atom is 0.133 e. The van der Waals surface area contributed by atoms with E-state index in [0.29, 0.717) is 20.1 Å². The Balaban J connectivity index is 1.92. The molecule has 3 nitrogen and oxygen atoms in total. The first kappa shape index (κ1) is 16.1. The van der Waals surface area contributed by atoms with Gasteiger partial charge in [0.1, 0.15) is 5.82 Å². The molecule has 1 aromatic heterocycles. The molecule has 1 aliphatic heterocycles. The SMILES string of the molecule is Clc1ccc(-n2nc(-c3cccc(Cl)c3Cl)c3c2NCC3)cc1Cl. The summed E-state index contributed by atoms with van der Waals surface area (Å²) in [4.78, 5) is 0. The topological polar surface area (TPSA) is 29.9 Å². The van der Waals surface area contributed by atoms with Gasteiger partial charge in [0.2, 0.25) is 0 Å². The van der Waals surface area contributed by atoms with E-state index >= 15 is 0 Å². The first-order valence-electron chi connectivity index (χ1n) is 7.32. The Morgan fingerprint density at radius 3 is 2.58 bits per heavy atom. The lowest BCUT2D eigenvalue weighted by Gasteiger charge is -2.08. The largest absolute Gasteiger partial charge is 0.369 e. The van der Waals surface area contributed by atoms with Gasteiger partial charge in [0.15, 0.2) is 0 Å². The van der Waals surface area contributed by atoms with Gasteiger partial charge in [0.05, 0.1) is 31.5 Å². The Labute approximate surface area is 159 Å². The fourth-order valence-corrected chi connectivity index (χ4v) is 3.56. The lowest BCUT2D eigenvalue weighted by atomic mass is 10.1. The first-order valence-corrected chi connectivity index (χ1v) is 8.83. The monoisotopic (exact) mass is 397 g/mol. The van der Waals surface area contributed by atoms with Crippen LogP contribution in [-0.2, 0) is 6.42 Å². The van der Waals surface area contributed by atoms with Crippen LogP contribution in [0.5, 0.6) is 0 Å². The van der Waals surface area contributed by atoms with E-state index in [2.05, 4.69) is 5.32 Å². The molecule has 0 bridgehead atoms. The summed E-state index contributed by atoms with van der Waals surface area (Å²) in [7, 11) is 0. The molecule has 1 aliphatic rings. The van der Waals surface area contributed by atoms with Crippen molar-refractivity contribution in [1.29, 1.82) is 0 Å². The Bertz CT molecular complexity index is 949. The zero-order chi connectivity index (χ0) is 16.8. The molecule has 2 aromatic carbocycles. The average molecular weight is 399 g/mol. The van der Waals surface area contributed by atoms with Gasteiger partial charge < -0.3 is 5.32 Å². The van der Waals surface area contributed by atoms with Crippen LogP contribution in [0, 0.1) is 0 Å². The highest BCUT2D eigenvalue weighted by atomic mass is 35.5. The Kier molecular flexibility index (Phi) is 4.13. The molecule has 3 aromatic rings. The van der Waals surface area contributed by atoms with Crippen LogP contribution in [0.4, 0.5) is 5.82 Å². The fourth-order valence-electron chi connectivity index (χ4n) is 2.88. The smallest absolute Gasteiger partial charge is 0.133 e. The Morgan fingerprint density at radius 2 is 1.79 bits per heavy atom. The molecule has 0 atom stereocenters. The lowest BCUT2D eigenvalue weighted by molar-refractivity contribution is 0.882. The van der Waals surface area contributed by atoms with Crippen molar-refractivity contribution >= 4 is 52.2 Å². The number of hydrogen-bond acceptors (Lipinski definition) is 2. The number of aromatic nitrogens is 2. The fraction of sp³-hybridized carbons (Fsp3) is 0.118. The summed E-state index contributed by atoms with van der Waals surface area (Å²) in [6.45, 7) is 0.847. The molecule has 0 spiro atoms. The van der Waals surface area contributed by atoms with Gasteiger partial charge in [-0.3, -0.25) is 0 Å². The van der Waals surface area contributed by atoms with Crippen molar-refractivity contribution in [2.24, 2.45) is 0 Å². The third-order valence-electron chi connectivity index (χ3n) is 4.01. The van der Waals surface area contributed by atoms with E-state index in [4.69, 9.17) is 51.5 Å². The standard InChI is InChI=1S/C17H11Cl4N3/c18-12-5-4-9(8-14(12)20)24-17-11(6-7-22-17)16(23-24)10-2-1-3-13(19)15(10)21/h1-5,8,22H,6-7H2.